The topological polar surface area (TPSA) is 67.1 Å². The summed E-state index contributed by atoms with van der Waals surface area (Å²) in [7, 11) is 0. The molecule has 0 spiro atoms. The van der Waals surface area contributed by atoms with Gasteiger partial charge >= 0.3 is 0 Å². The first-order valence-corrected chi connectivity index (χ1v) is 6.59. The van der Waals surface area contributed by atoms with Gasteiger partial charge in [0, 0.05) is 17.3 Å². The number of nitrogens with one attached hydrogen (secondary N) is 2. The van der Waals surface area contributed by atoms with Crippen molar-refractivity contribution < 1.29 is 4.79 Å². The molecule has 0 heterocycles. The molecule has 0 saturated heterocycles. The zero-order valence-corrected chi connectivity index (χ0v) is 10.8. The smallest absolute Gasteiger partial charge is 0.251 e. The van der Waals surface area contributed by atoms with Crippen molar-refractivity contribution in [3.05, 3.63) is 29.3 Å². The fraction of sp³-hybridized carbons (Fsp3) is 0.500. The molecule has 2 rings (SSSR count). The second-order valence-corrected chi connectivity index (χ2v) is 4.98. The zero-order valence-electron chi connectivity index (χ0n) is 10.8. The van der Waals surface area contributed by atoms with Gasteiger partial charge in [-0.15, -0.1) is 0 Å². The summed E-state index contributed by atoms with van der Waals surface area (Å²) < 4.78 is 0. The lowest BCUT2D eigenvalue weighted by molar-refractivity contribution is 0.0927. The fourth-order valence-corrected chi connectivity index (χ4v) is 2.52. The molecule has 1 fully saturated rings. The summed E-state index contributed by atoms with van der Waals surface area (Å²) in [6.45, 7) is 1.93. The van der Waals surface area contributed by atoms with E-state index in [0.29, 0.717) is 6.04 Å². The van der Waals surface area contributed by atoms with Crippen molar-refractivity contribution in [3.63, 3.8) is 0 Å². The van der Waals surface area contributed by atoms with Gasteiger partial charge in [-0.05, 0) is 43.5 Å². The molecule has 1 aliphatic rings. The molecule has 1 aromatic rings. The lowest BCUT2D eigenvalue weighted by atomic mass is 9.95. The maximum Gasteiger partial charge on any atom is 0.251 e. The number of aryl methyl sites for hydroxylation is 1. The van der Waals surface area contributed by atoms with Crippen LogP contribution >= 0.6 is 0 Å². The first-order valence-electron chi connectivity index (χ1n) is 6.59. The summed E-state index contributed by atoms with van der Waals surface area (Å²) in [4.78, 5) is 12.2. The highest BCUT2D eigenvalue weighted by Crippen LogP contribution is 2.19. The third kappa shape index (κ3) is 3.01. The Morgan fingerprint density at radius 3 is 2.61 bits per heavy atom. The van der Waals surface area contributed by atoms with Crippen molar-refractivity contribution in [2.75, 3.05) is 5.43 Å². The van der Waals surface area contributed by atoms with Gasteiger partial charge in [0.15, 0.2) is 0 Å². The SMILES string of the molecule is Cc1cc(NN)ccc1C(=O)NC1CCCCC1. The lowest BCUT2D eigenvalue weighted by Crippen LogP contribution is -2.36. The number of amides is 1. The molecule has 0 atom stereocenters. The number of hydrogen-bond acceptors (Lipinski definition) is 3. The molecule has 4 heteroatoms. The number of hydrazine groups is 1. The van der Waals surface area contributed by atoms with Crippen molar-refractivity contribution in [1.82, 2.24) is 5.32 Å². The molecule has 0 aliphatic heterocycles. The average molecular weight is 247 g/mol. The monoisotopic (exact) mass is 247 g/mol. The molecule has 0 unspecified atom stereocenters. The third-order valence-corrected chi connectivity index (χ3v) is 3.58. The zero-order chi connectivity index (χ0) is 13.0. The van der Waals surface area contributed by atoms with Gasteiger partial charge in [-0.2, -0.15) is 0 Å². The van der Waals surface area contributed by atoms with Gasteiger partial charge in [0.1, 0.15) is 0 Å². The largest absolute Gasteiger partial charge is 0.349 e. The molecule has 98 valence electrons. The third-order valence-electron chi connectivity index (χ3n) is 3.58. The highest BCUT2D eigenvalue weighted by molar-refractivity contribution is 5.96. The van der Waals surface area contributed by atoms with E-state index in [1.165, 1.54) is 19.3 Å². The Hall–Kier alpha value is -1.55. The molecule has 1 amide bonds. The second-order valence-electron chi connectivity index (χ2n) is 4.98. The Kier molecular flexibility index (Phi) is 4.20. The maximum absolute atomic E-state index is 12.2. The van der Waals surface area contributed by atoms with Crippen LogP contribution in [0.25, 0.3) is 0 Å². The Morgan fingerprint density at radius 2 is 2.00 bits per heavy atom. The predicted molar refractivity (Wildman–Crippen MR) is 73.3 cm³/mol. The molecule has 1 aliphatic carbocycles. The molecule has 1 saturated carbocycles. The highest BCUT2D eigenvalue weighted by Gasteiger charge is 2.17. The quantitative estimate of drug-likeness (QED) is 0.567. The second kappa shape index (κ2) is 5.87. The normalized spacial score (nSPS) is 16.3. The Balaban J connectivity index is 2.03. The van der Waals surface area contributed by atoms with Crippen molar-refractivity contribution >= 4 is 11.6 Å². The number of carbonyl (C=O) groups is 1. The molecule has 0 radical (unpaired) electrons. The molecular weight excluding hydrogens is 226 g/mol. The predicted octanol–water partition coefficient (Wildman–Crippen LogP) is 2.34. The minimum absolute atomic E-state index is 0.0305. The van der Waals surface area contributed by atoms with Crippen LogP contribution in [0.15, 0.2) is 18.2 Å². The van der Waals surface area contributed by atoms with Crippen LogP contribution in [-0.2, 0) is 0 Å². The minimum Gasteiger partial charge on any atom is -0.349 e. The lowest BCUT2D eigenvalue weighted by Gasteiger charge is -2.23. The Bertz CT molecular complexity index is 425. The van der Waals surface area contributed by atoms with E-state index >= 15 is 0 Å². The number of benzene rings is 1. The van der Waals surface area contributed by atoms with Gasteiger partial charge in [-0.3, -0.25) is 10.6 Å². The van der Waals surface area contributed by atoms with Gasteiger partial charge in [-0.25, -0.2) is 0 Å². The first-order chi connectivity index (χ1) is 8.70. The van der Waals surface area contributed by atoms with Crippen molar-refractivity contribution in [2.45, 2.75) is 45.1 Å². The average Bonchev–Trinajstić information content (AvgIpc) is 2.39. The van der Waals surface area contributed by atoms with Crippen molar-refractivity contribution in [3.8, 4) is 0 Å². The summed E-state index contributed by atoms with van der Waals surface area (Å²) >= 11 is 0. The van der Waals surface area contributed by atoms with E-state index in [1.807, 2.05) is 25.1 Å². The van der Waals surface area contributed by atoms with Crippen LogP contribution in [0.5, 0.6) is 0 Å². The van der Waals surface area contributed by atoms with Crippen LogP contribution in [-0.4, -0.2) is 11.9 Å². The van der Waals surface area contributed by atoms with Crippen LogP contribution in [0.1, 0.15) is 48.0 Å². The van der Waals surface area contributed by atoms with E-state index in [4.69, 9.17) is 5.84 Å². The maximum atomic E-state index is 12.2. The Morgan fingerprint density at radius 1 is 1.28 bits per heavy atom. The molecule has 1 aromatic carbocycles. The Labute approximate surface area is 108 Å². The number of hydrogen-bond donors (Lipinski definition) is 3. The minimum atomic E-state index is 0.0305. The van der Waals surface area contributed by atoms with Gasteiger partial charge < -0.3 is 10.7 Å². The summed E-state index contributed by atoms with van der Waals surface area (Å²) in [6, 6.07) is 5.87. The van der Waals surface area contributed by atoms with Gasteiger partial charge in [-0.1, -0.05) is 19.3 Å². The van der Waals surface area contributed by atoms with E-state index in [9.17, 15) is 4.79 Å². The molecule has 18 heavy (non-hydrogen) atoms. The van der Waals surface area contributed by atoms with Crippen molar-refractivity contribution in [1.29, 1.82) is 0 Å². The standard InChI is InChI=1S/C14H21N3O/c1-10-9-12(17-15)7-8-13(10)14(18)16-11-5-3-2-4-6-11/h7-9,11,17H,2-6,15H2,1H3,(H,16,18). The number of nitrogens with two attached hydrogens (primary N) is 1. The van der Waals surface area contributed by atoms with Crippen LogP contribution < -0.4 is 16.6 Å². The van der Waals surface area contributed by atoms with Crippen LogP contribution in [0, 0.1) is 6.92 Å². The molecular formula is C14H21N3O. The first kappa shape index (κ1) is 12.9. The van der Waals surface area contributed by atoms with E-state index in [-0.39, 0.29) is 5.91 Å². The number of rotatable bonds is 3. The number of anilines is 1. The molecule has 4 N–H and O–H groups in total. The number of carbonyl (C=O) groups excluding carboxylic acids is 1. The van der Waals surface area contributed by atoms with E-state index in [0.717, 1.165) is 29.7 Å². The highest BCUT2D eigenvalue weighted by atomic mass is 16.1. The molecule has 0 aromatic heterocycles. The van der Waals surface area contributed by atoms with E-state index in [2.05, 4.69) is 10.7 Å². The summed E-state index contributed by atoms with van der Waals surface area (Å²) in [5, 5.41) is 3.12. The van der Waals surface area contributed by atoms with Crippen LogP contribution in [0.4, 0.5) is 5.69 Å². The van der Waals surface area contributed by atoms with Crippen LogP contribution in [0.2, 0.25) is 0 Å². The molecule has 0 bridgehead atoms. The van der Waals surface area contributed by atoms with E-state index in [1.54, 1.807) is 0 Å². The fourth-order valence-electron chi connectivity index (χ4n) is 2.52. The van der Waals surface area contributed by atoms with Crippen LogP contribution in [0.3, 0.4) is 0 Å². The van der Waals surface area contributed by atoms with Crippen molar-refractivity contribution in [2.24, 2.45) is 5.84 Å². The summed E-state index contributed by atoms with van der Waals surface area (Å²) in [5.41, 5.74) is 5.08. The van der Waals surface area contributed by atoms with Gasteiger partial charge in [0.2, 0.25) is 0 Å². The van der Waals surface area contributed by atoms with E-state index < -0.39 is 0 Å². The summed E-state index contributed by atoms with van der Waals surface area (Å²) in [5.74, 6) is 5.37. The van der Waals surface area contributed by atoms with Gasteiger partial charge in [0.05, 0.1) is 0 Å². The van der Waals surface area contributed by atoms with Gasteiger partial charge in [0.25, 0.3) is 5.91 Å². The molecule has 4 nitrogen and oxygen atoms in total. The summed E-state index contributed by atoms with van der Waals surface area (Å²) in [6.07, 6.45) is 5.95. The number of nitrogen functional groups attached to an aromatic ring is 1.